The molecule has 196 valence electrons. The van der Waals surface area contributed by atoms with E-state index in [4.69, 9.17) is 4.74 Å². The lowest BCUT2D eigenvalue weighted by Gasteiger charge is -2.58. The molecule has 3 fully saturated rings. The maximum absolute atomic E-state index is 13.6. The summed E-state index contributed by atoms with van der Waals surface area (Å²) in [6, 6.07) is 0. The first-order chi connectivity index (χ1) is 16.4. The number of allylic oxidation sites excluding steroid dienone is 1. The monoisotopic (exact) mass is 486 g/mol. The van der Waals surface area contributed by atoms with E-state index in [2.05, 4.69) is 34.6 Å². The van der Waals surface area contributed by atoms with Crippen molar-refractivity contribution in [2.45, 2.75) is 117 Å². The highest BCUT2D eigenvalue weighted by Gasteiger charge is 2.76. The first kappa shape index (κ1) is 25.2. The molecule has 3 saturated carbocycles. The average Bonchev–Trinajstić information content (AvgIpc) is 3.24. The van der Waals surface area contributed by atoms with Gasteiger partial charge in [0, 0.05) is 24.3 Å². The zero-order valence-corrected chi connectivity index (χ0v) is 22.7. The molecule has 1 aliphatic heterocycles. The van der Waals surface area contributed by atoms with Crippen LogP contribution in [0.15, 0.2) is 11.8 Å². The van der Waals surface area contributed by atoms with Gasteiger partial charge in [-0.25, -0.2) is 0 Å². The number of ether oxygens (including phenoxy) is 1. The Bertz CT molecular complexity index is 916. The minimum absolute atomic E-state index is 0.168. The van der Waals surface area contributed by atoms with E-state index in [1.54, 1.807) is 0 Å². The zero-order chi connectivity index (χ0) is 25.3. The average molecular weight is 487 g/mol. The Morgan fingerprint density at radius 2 is 1.89 bits per heavy atom. The third-order valence-corrected chi connectivity index (χ3v) is 11.6. The SMILES string of the molecule is CC(=O)O[C@H]1CC[C@]2(C)[C@H]3CC[C@]4(C)[C@@H]([C@H](C)CCCC(C)C)CC[C@H]4C3C3=CC2(C1)[N+](=O)N3[O-]. The molecule has 5 aliphatic rings. The Hall–Kier alpha value is -1.43. The van der Waals surface area contributed by atoms with Crippen LogP contribution in [-0.4, -0.2) is 27.7 Å². The summed E-state index contributed by atoms with van der Waals surface area (Å²) in [5.74, 6) is 2.83. The quantitative estimate of drug-likeness (QED) is 0.306. The predicted molar refractivity (Wildman–Crippen MR) is 136 cm³/mol. The molecule has 5 rings (SSSR count). The minimum atomic E-state index is -0.889. The second-order valence-corrected chi connectivity index (χ2v) is 13.7. The van der Waals surface area contributed by atoms with Gasteiger partial charge in [-0.15, -0.1) is 0 Å². The topological polar surface area (TPSA) is 72.7 Å². The van der Waals surface area contributed by atoms with Gasteiger partial charge in [0.1, 0.15) is 11.0 Å². The second-order valence-electron chi connectivity index (χ2n) is 13.7. The third kappa shape index (κ3) is 3.55. The van der Waals surface area contributed by atoms with Crippen molar-refractivity contribution in [2.75, 3.05) is 0 Å². The van der Waals surface area contributed by atoms with Crippen LogP contribution >= 0.6 is 0 Å². The Kier molecular flexibility index (Phi) is 6.17. The summed E-state index contributed by atoms with van der Waals surface area (Å²) in [6.45, 7) is 13.3. The van der Waals surface area contributed by atoms with Crippen LogP contribution in [0.5, 0.6) is 0 Å². The highest BCUT2D eigenvalue weighted by Crippen LogP contribution is 2.71. The maximum atomic E-state index is 13.6. The summed E-state index contributed by atoms with van der Waals surface area (Å²) >= 11 is 0. The Morgan fingerprint density at radius 1 is 1.14 bits per heavy atom. The molecule has 0 radical (unpaired) electrons. The van der Waals surface area contributed by atoms with Crippen LogP contribution in [0.2, 0.25) is 0 Å². The van der Waals surface area contributed by atoms with Gasteiger partial charge in [0.15, 0.2) is 0 Å². The number of hydrogen-bond donors (Lipinski definition) is 0. The van der Waals surface area contributed by atoms with Gasteiger partial charge in [-0.1, -0.05) is 53.9 Å². The summed E-state index contributed by atoms with van der Waals surface area (Å²) in [6.07, 6.45) is 12.3. The van der Waals surface area contributed by atoms with Gasteiger partial charge in [0.05, 0.1) is 17.0 Å². The summed E-state index contributed by atoms with van der Waals surface area (Å²) in [7, 11) is 0. The number of nitrogens with zero attached hydrogens (tertiary/aromatic N) is 2. The van der Waals surface area contributed by atoms with E-state index < -0.39 is 5.54 Å². The number of rotatable bonds is 6. The molecule has 0 amide bonds. The third-order valence-electron chi connectivity index (χ3n) is 11.6. The van der Waals surface area contributed by atoms with E-state index in [-0.39, 0.29) is 28.8 Å². The molecule has 0 aromatic rings. The lowest BCUT2D eigenvalue weighted by Crippen LogP contribution is -2.62. The van der Waals surface area contributed by atoms with Crippen LogP contribution in [0.25, 0.3) is 0 Å². The first-order valence-corrected chi connectivity index (χ1v) is 14.3. The molecule has 1 spiro atoms. The number of fused-ring (bicyclic) bond motifs is 5. The molecule has 9 atom stereocenters. The number of hydrazine groups is 1. The standard InChI is InChI=1S/C29H46N2O4/c1-18(2)8-7-9-19(3)22-10-11-23-26-24(13-14-27(22,23)5)28(6)15-12-21(35-20(4)32)16-29(28)17-25(26)30(33)31(29)34/h17-19,21-24,26H,7-16H2,1-6H3/t19-,21+,22-,23+,24+,26?,27-,28-,29?/m1/s1. The normalized spacial score (nSPS) is 45.0. The van der Waals surface area contributed by atoms with Gasteiger partial charge >= 0.3 is 5.97 Å². The van der Waals surface area contributed by atoms with Crippen LogP contribution in [0.1, 0.15) is 106 Å². The molecule has 2 bridgehead atoms. The van der Waals surface area contributed by atoms with E-state index >= 15 is 0 Å². The molecular weight excluding hydrogens is 440 g/mol. The molecule has 35 heavy (non-hydrogen) atoms. The van der Waals surface area contributed by atoms with Crippen molar-refractivity contribution in [3.05, 3.63) is 21.9 Å². The van der Waals surface area contributed by atoms with Crippen molar-refractivity contribution in [1.82, 2.24) is 5.17 Å². The van der Waals surface area contributed by atoms with Crippen LogP contribution in [0.4, 0.5) is 0 Å². The highest BCUT2D eigenvalue weighted by molar-refractivity contribution is 5.66. The van der Waals surface area contributed by atoms with Crippen LogP contribution < -0.4 is 0 Å². The molecule has 0 aromatic carbocycles. The van der Waals surface area contributed by atoms with Crippen molar-refractivity contribution in [3.63, 3.8) is 0 Å². The molecule has 0 saturated heterocycles. The molecule has 4 aliphatic carbocycles. The largest absolute Gasteiger partial charge is 0.700 e. The number of carbonyl (C=O) groups is 1. The van der Waals surface area contributed by atoms with E-state index in [9.17, 15) is 14.9 Å². The Balaban J connectivity index is 1.45. The maximum Gasteiger partial charge on any atom is 0.302 e. The lowest BCUT2D eigenvalue weighted by atomic mass is 9.44. The van der Waals surface area contributed by atoms with Gasteiger partial charge in [-0.3, -0.25) is 4.79 Å². The fourth-order valence-electron chi connectivity index (χ4n) is 9.86. The predicted octanol–water partition coefficient (Wildman–Crippen LogP) is 6.77. The van der Waals surface area contributed by atoms with Crippen LogP contribution in [-0.2, 0) is 9.53 Å². The van der Waals surface area contributed by atoms with Gasteiger partial charge in [0.25, 0.3) is 5.54 Å². The number of nitroso groups, excluding NO2 is 1. The summed E-state index contributed by atoms with van der Waals surface area (Å²) < 4.78 is 5.57. The summed E-state index contributed by atoms with van der Waals surface area (Å²) in [4.78, 5) is 26.0. The van der Waals surface area contributed by atoms with Gasteiger partial charge in [-0.2, -0.15) is 5.17 Å². The lowest BCUT2D eigenvalue weighted by molar-refractivity contribution is -0.739. The van der Waals surface area contributed by atoms with Crippen molar-refractivity contribution in [3.8, 4) is 0 Å². The van der Waals surface area contributed by atoms with Crippen molar-refractivity contribution in [1.29, 1.82) is 0 Å². The van der Waals surface area contributed by atoms with Crippen molar-refractivity contribution >= 4 is 5.97 Å². The number of hydrogen-bond acceptors (Lipinski definition) is 4. The van der Waals surface area contributed by atoms with Gasteiger partial charge in [0.2, 0.25) is 0 Å². The first-order valence-electron chi connectivity index (χ1n) is 14.3. The van der Waals surface area contributed by atoms with E-state index in [0.717, 1.165) is 35.7 Å². The fraction of sp³-hybridized carbons (Fsp3) is 0.897. The van der Waals surface area contributed by atoms with Crippen molar-refractivity contribution in [2.24, 2.45) is 46.3 Å². The molecule has 2 unspecified atom stereocenters. The number of esters is 1. The van der Waals surface area contributed by atoms with Gasteiger partial charge < -0.3 is 9.94 Å². The molecule has 0 N–H and O–H groups in total. The molecule has 1 heterocycles. The minimum Gasteiger partial charge on any atom is -0.700 e. The Labute approximate surface area is 211 Å². The van der Waals surface area contributed by atoms with Crippen LogP contribution in [0.3, 0.4) is 0 Å². The van der Waals surface area contributed by atoms with Crippen LogP contribution in [0, 0.1) is 56.5 Å². The second kappa shape index (κ2) is 8.56. The van der Waals surface area contributed by atoms with Crippen molar-refractivity contribution < 1.29 is 14.4 Å². The fourth-order valence-corrected chi connectivity index (χ4v) is 9.86. The smallest absolute Gasteiger partial charge is 0.302 e. The van der Waals surface area contributed by atoms with Gasteiger partial charge in [-0.05, 0) is 73.5 Å². The van der Waals surface area contributed by atoms with E-state index in [0.29, 0.717) is 35.3 Å². The van der Waals surface area contributed by atoms with E-state index in [1.165, 1.54) is 45.4 Å². The number of carbonyl (C=O) groups excluding carboxylic acids is 1. The molecule has 6 heteroatoms. The summed E-state index contributed by atoms with van der Waals surface area (Å²) in [5.41, 5.74) is -0.211. The molecule has 0 aromatic heterocycles. The molecule has 6 nitrogen and oxygen atoms in total. The Morgan fingerprint density at radius 3 is 2.57 bits per heavy atom. The van der Waals surface area contributed by atoms with E-state index in [1.807, 2.05) is 6.08 Å². The summed E-state index contributed by atoms with van der Waals surface area (Å²) in [5, 5.41) is 14.1. The highest BCUT2D eigenvalue weighted by atomic mass is 16.6. The zero-order valence-electron chi connectivity index (χ0n) is 22.7. The molecular formula is C29H46N2O4. The number of hydroxylamine groups is 1.